The van der Waals surface area contributed by atoms with Crippen LogP contribution in [-0.2, 0) is 9.59 Å². The lowest BCUT2D eigenvalue weighted by atomic mass is 9.97. The van der Waals surface area contributed by atoms with Gasteiger partial charge in [-0.2, -0.15) is 0 Å². The molecule has 0 fully saturated rings. The van der Waals surface area contributed by atoms with Gasteiger partial charge in [0.15, 0.2) is 0 Å². The van der Waals surface area contributed by atoms with Gasteiger partial charge in [0.25, 0.3) is 5.91 Å². The van der Waals surface area contributed by atoms with E-state index in [-0.39, 0.29) is 23.3 Å². The Hall–Kier alpha value is -3.19. The number of primary amides is 1. The number of nitrogens with one attached hydrogen (secondary N) is 2. The summed E-state index contributed by atoms with van der Waals surface area (Å²) in [6.45, 7) is 1.80. The number of carbonyl (C=O) groups excluding carboxylic acids is 2. The van der Waals surface area contributed by atoms with Crippen molar-refractivity contribution in [1.29, 1.82) is 5.41 Å². The Kier molecular flexibility index (Phi) is 6.89. The first-order chi connectivity index (χ1) is 13.2. The van der Waals surface area contributed by atoms with Gasteiger partial charge in [0.05, 0.1) is 23.7 Å². The molecule has 0 aliphatic carbocycles. The third-order valence-corrected chi connectivity index (χ3v) is 4.41. The van der Waals surface area contributed by atoms with Crippen LogP contribution < -0.4 is 16.8 Å². The van der Waals surface area contributed by atoms with Crippen LogP contribution in [0.25, 0.3) is 5.70 Å². The van der Waals surface area contributed by atoms with E-state index in [0.717, 1.165) is 11.8 Å². The fourth-order valence-corrected chi connectivity index (χ4v) is 2.93. The Bertz CT molecular complexity index is 959. The van der Waals surface area contributed by atoms with Gasteiger partial charge in [0.1, 0.15) is 5.82 Å². The average Bonchev–Trinajstić information content (AvgIpc) is 2.63. The number of amides is 2. The second-order valence-electron chi connectivity index (χ2n) is 6.15. The highest BCUT2D eigenvalue weighted by atomic mass is 35.5. The first kappa shape index (κ1) is 21.1. The maximum atomic E-state index is 14.0. The van der Waals surface area contributed by atoms with Gasteiger partial charge in [-0.15, -0.1) is 0 Å². The van der Waals surface area contributed by atoms with Gasteiger partial charge in [-0.3, -0.25) is 9.59 Å². The van der Waals surface area contributed by atoms with Crippen molar-refractivity contribution >= 4 is 35.3 Å². The van der Waals surface area contributed by atoms with Gasteiger partial charge in [-0.05, 0) is 42.3 Å². The summed E-state index contributed by atoms with van der Waals surface area (Å²) < 4.78 is 14.0. The molecule has 6 nitrogen and oxygen atoms in total. The smallest absolute Gasteiger partial charge is 0.255 e. The SMILES string of the molecule is Cc1ccc(Cl)cc1C(CC(N)=O)NC(=O)/C(C=N)=C(/N)c1ccccc1F. The summed E-state index contributed by atoms with van der Waals surface area (Å²) in [5, 5.41) is 10.6. The summed E-state index contributed by atoms with van der Waals surface area (Å²) >= 11 is 6.04. The Morgan fingerprint density at radius 2 is 1.93 bits per heavy atom. The molecule has 0 radical (unpaired) electrons. The molecule has 2 aromatic rings. The normalized spacial score (nSPS) is 12.7. The predicted octanol–water partition coefficient (Wildman–Crippen LogP) is 2.84. The Labute approximate surface area is 166 Å². The molecule has 146 valence electrons. The molecule has 2 aromatic carbocycles. The lowest BCUT2D eigenvalue weighted by molar-refractivity contribution is -0.120. The number of rotatable bonds is 7. The van der Waals surface area contributed by atoms with Crippen LogP contribution in [0.5, 0.6) is 0 Å². The molecule has 2 rings (SSSR count). The Morgan fingerprint density at radius 1 is 1.25 bits per heavy atom. The number of aryl methyl sites for hydroxylation is 1. The third kappa shape index (κ3) is 4.95. The molecule has 0 bridgehead atoms. The minimum absolute atomic E-state index is 0.00142. The molecule has 1 unspecified atom stereocenters. The summed E-state index contributed by atoms with van der Waals surface area (Å²) in [5.41, 5.74) is 12.2. The Balaban J connectivity index is 2.42. The van der Waals surface area contributed by atoms with E-state index in [1.165, 1.54) is 18.2 Å². The zero-order valence-electron chi connectivity index (χ0n) is 15.1. The molecule has 8 heteroatoms. The molecule has 0 aliphatic rings. The van der Waals surface area contributed by atoms with Crippen molar-refractivity contribution in [2.24, 2.45) is 11.5 Å². The van der Waals surface area contributed by atoms with E-state index in [2.05, 4.69) is 5.32 Å². The molecule has 0 aromatic heterocycles. The molecular formula is C20H20ClFN4O2. The van der Waals surface area contributed by atoms with Crippen molar-refractivity contribution in [3.8, 4) is 0 Å². The minimum Gasteiger partial charge on any atom is -0.397 e. The molecule has 0 spiro atoms. The predicted molar refractivity (Wildman–Crippen MR) is 107 cm³/mol. The second kappa shape index (κ2) is 9.14. The molecule has 28 heavy (non-hydrogen) atoms. The van der Waals surface area contributed by atoms with Gasteiger partial charge >= 0.3 is 0 Å². The number of hydrogen-bond acceptors (Lipinski definition) is 4. The topological polar surface area (TPSA) is 122 Å². The molecular weight excluding hydrogens is 383 g/mol. The van der Waals surface area contributed by atoms with E-state index >= 15 is 0 Å². The van der Waals surface area contributed by atoms with Crippen molar-refractivity contribution in [2.45, 2.75) is 19.4 Å². The van der Waals surface area contributed by atoms with E-state index in [9.17, 15) is 14.0 Å². The number of nitrogens with two attached hydrogens (primary N) is 2. The van der Waals surface area contributed by atoms with Crippen LogP contribution in [0.2, 0.25) is 5.02 Å². The molecule has 2 amide bonds. The van der Waals surface area contributed by atoms with E-state index in [1.54, 1.807) is 31.2 Å². The molecule has 0 heterocycles. The molecule has 0 aliphatic heterocycles. The van der Waals surface area contributed by atoms with Crippen molar-refractivity contribution in [1.82, 2.24) is 5.32 Å². The van der Waals surface area contributed by atoms with Crippen LogP contribution in [0.4, 0.5) is 4.39 Å². The van der Waals surface area contributed by atoms with Gasteiger partial charge in [-0.1, -0.05) is 29.8 Å². The molecule has 0 saturated heterocycles. The highest BCUT2D eigenvalue weighted by molar-refractivity contribution is 6.30. The molecule has 1 atom stereocenters. The van der Waals surface area contributed by atoms with E-state index < -0.39 is 23.7 Å². The summed E-state index contributed by atoms with van der Waals surface area (Å²) in [5.74, 6) is -1.99. The minimum atomic E-state index is -0.785. The highest BCUT2D eigenvalue weighted by Crippen LogP contribution is 2.25. The van der Waals surface area contributed by atoms with Crippen molar-refractivity contribution in [3.05, 3.63) is 75.6 Å². The fourth-order valence-electron chi connectivity index (χ4n) is 2.75. The largest absolute Gasteiger partial charge is 0.397 e. The van der Waals surface area contributed by atoms with Crippen LogP contribution in [0.3, 0.4) is 0 Å². The Morgan fingerprint density at radius 3 is 2.54 bits per heavy atom. The van der Waals surface area contributed by atoms with Crippen LogP contribution in [0.1, 0.15) is 29.2 Å². The first-order valence-corrected chi connectivity index (χ1v) is 8.72. The van der Waals surface area contributed by atoms with Crippen LogP contribution in [-0.4, -0.2) is 18.0 Å². The maximum absolute atomic E-state index is 14.0. The number of hydrogen-bond donors (Lipinski definition) is 4. The standard InChI is InChI=1S/C20H20ClFN4O2/c1-11-6-7-12(21)8-14(11)17(9-18(24)27)26-20(28)15(10-23)19(25)13-4-2-3-5-16(13)22/h2-8,10,17,23H,9,25H2,1H3,(H2,24,27)(H,26,28)/b19-15+,23-10?. The van der Waals surface area contributed by atoms with E-state index in [1.807, 2.05) is 0 Å². The van der Waals surface area contributed by atoms with E-state index in [4.69, 9.17) is 28.5 Å². The average molecular weight is 403 g/mol. The molecule has 6 N–H and O–H groups in total. The van der Waals surface area contributed by atoms with Gasteiger partial charge in [0, 0.05) is 16.8 Å². The van der Waals surface area contributed by atoms with Crippen LogP contribution in [0, 0.1) is 18.2 Å². The van der Waals surface area contributed by atoms with E-state index in [0.29, 0.717) is 10.6 Å². The third-order valence-electron chi connectivity index (χ3n) is 4.17. The summed E-state index contributed by atoms with van der Waals surface area (Å²) in [4.78, 5) is 24.3. The highest BCUT2D eigenvalue weighted by Gasteiger charge is 2.22. The molecule has 0 saturated carbocycles. The first-order valence-electron chi connectivity index (χ1n) is 8.35. The van der Waals surface area contributed by atoms with Crippen molar-refractivity contribution in [3.63, 3.8) is 0 Å². The quantitative estimate of drug-likeness (QED) is 0.420. The van der Waals surface area contributed by atoms with Crippen molar-refractivity contribution < 1.29 is 14.0 Å². The second-order valence-corrected chi connectivity index (χ2v) is 6.59. The maximum Gasteiger partial charge on any atom is 0.255 e. The fraction of sp³-hybridized carbons (Fsp3) is 0.150. The van der Waals surface area contributed by atoms with Crippen molar-refractivity contribution in [2.75, 3.05) is 0 Å². The summed E-state index contributed by atoms with van der Waals surface area (Å²) in [6, 6.07) is 9.93. The number of benzene rings is 2. The summed E-state index contributed by atoms with van der Waals surface area (Å²) in [6.07, 6.45) is 0.557. The van der Waals surface area contributed by atoms with Gasteiger partial charge < -0.3 is 22.2 Å². The number of halogens is 2. The van der Waals surface area contributed by atoms with Crippen LogP contribution in [0.15, 0.2) is 48.0 Å². The van der Waals surface area contributed by atoms with Gasteiger partial charge in [0.2, 0.25) is 5.91 Å². The zero-order chi connectivity index (χ0) is 20.8. The lowest BCUT2D eigenvalue weighted by Gasteiger charge is -2.21. The van der Waals surface area contributed by atoms with Crippen LogP contribution >= 0.6 is 11.6 Å². The van der Waals surface area contributed by atoms with Gasteiger partial charge in [-0.25, -0.2) is 4.39 Å². The number of carbonyl (C=O) groups is 2. The zero-order valence-corrected chi connectivity index (χ0v) is 15.9. The lowest BCUT2D eigenvalue weighted by Crippen LogP contribution is -2.34. The monoisotopic (exact) mass is 402 g/mol. The summed E-state index contributed by atoms with van der Waals surface area (Å²) in [7, 11) is 0.